The third-order valence-electron chi connectivity index (χ3n) is 3.51. The Bertz CT molecular complexity index is 683. The zero-order valence-electron chi connectivity index (χ0n) is 10.9. The van der Waals surface area contributed by atoms with E-state index in [0.29, 0.717) is 0 Å². The van der Waals surface area contributed by atoms with E-state index in [2.05, 4.69) is 39.2 Å². The molecule has 2 heterocycles. The Morgan fingerprint density at radius 3 is 3.00 bits per heavy atom. The second-order valence-electron chi connectivity index (χ2n) is 4.79. The number of imidazole rings is 1. The molecule has 0 aliphatic carbocycles. The summed E-state index contributed by atoms with van der Waals surface area (Å²) in [5.41, 5.74) is 7.60. The first-order valence-electron chi connectivity index (χ1n) is 6.43. The van der Waals surface area contributed by atoms with Crippen molar-refractivity contribution in [3.63, 3.8) is 0 Å². The fourth-order valence-electron chi connectivity index (χ4n) is 2.36. The van der Waals surface area contributed by atoms with Gasteiger partial charge in [-0.2, -0.15) is 0 Å². The zero-order valence-corrected chi connectivity index (χ0v) is 11.7. The highest BCUT2D eigenvalue weighted by molar-refractivity contribution is 7.17. The highest BCUT2D eigenvalue weighted by Gasteiger charge is 2.12. The van der Waals surface area contributed by atoms with Gasteiger partial charge < -0.3 is 10.3 Å². The van der Waals surface area contributed by atoms with Crippen LogP contribution in [0.15, 0.2) is 42.0 Å². The number of benzene rings is 1. The van der Waals surface area contributed by atoms with E-state index in [-0.39, 0.29) is 6.04 Å². The van der Waals surface area contributed by atoms with Crippen molar-refractivity contribution in [2.75, 3.05) is 0 Å². The summed E-state index contributed by atoms with van der Waals surface area (Å²) in [6.45, 7) is 0. The number of nitrogens with two attached hydrogens (primary N) is 1. The lowest BCUT2D eigenvalue weighted by atomic mass is 10.0. The van der Waals surface area contributed by atoms with E-state index in [0.717, 1.165) is 18.7 Å². The van der Waals surface area contributed by atoms with E-state index in [4.69, 9.17) is 5.73 Å². The summed E-state index contributed by atoms with van der Waals surface area (Å²) in [5, 5.41) is 3.48. The molecule has 1 aromatic carbocycles. The van der Waals surface area contributed by atoms with E-state index in [1.54, 1.807) is 11.3 Å². The lowest BCUT2D eigenvalue weighted by Crippen LogP contribution is -2.12. The quantitative estimate of drug-likeness (QED) is 0.791. The number of aromatic nitrogens is 2. The predicted octanol–water partition coefficient (Wildman–Crippen LogP) is 3.27. The van der Waals surface area contributed by atoms with Gasteiger partial charge in [0.1, 0.15) is 5.82 Å². The molecule has 1 atom stereocenters. The van der Waals surface area contributed by atoms with Crippen LogP contribution in [0.1, 0.15) is 23.9 Å². The van der Waals surface area contributed by atoms with Gasteiger partial charge in [-0.1, -0.05) is 18.2 Å². The molecular formula is C15H17N3S. The van der Waals surface area contributed by atoms with Gasteiger partial charge in [0.05, 0.1) is 0 Å². The first-order chi connectivity index (χ1) is 9.25. The number of nitrogens with zero attached hydrogens (tertiary/aromatic N) is 2. The number of aryl methyl sites for hydroxylation is 2. The molecule has 3 nitrogen and oxygen atoms in total. The molecule has 0 amide bonds. The van der Waals surface area contributed by atoms with Crippen molar-refractivity contribution in [2.24, 2.45) is 12.8 Å². The van der Waals surface area contributed by atoms with Crippen LogP contribution in [0.25, 0.3) is 10.1 Å². The van der Waals surface area contributed by atoms with Crippen LogP contribution in [0.5, 0.6) is 0 Å². The van der Waals surface area contributed by atoms with Crippen LogP contribution < -0.4 is 5.73 Å². The summed E-state index contributed by atoms with van der Waals surface area (Å²) in [5.74, 6) is 1.09. The molecule has 0 saturated carbocycles. The first kappa shape index (κ1) is 12.4. The molecule has 0 saturated heterocycles. The average molecular weight is 271 g/mol. The monoisotopic (exact) mass is 271 g/mol. The zero-order chi connectivity index (χ0) is 13.2. The van der Waals surface area contributed by atoms with Crippen LogP contribution in [-0.2, 0) is 13.5 Å². The van der Waals surface area contributed by atoms with Gasteiger partial charge >= 0.3 is 0 Å². The van der Waals surface area contributed by atoms with E-state index in [1.165, 1.54) is 15.6 Å². The molecule has 19 heavy (non-hydrogen) atoms. The van der Waals surface area contributed by atoms with Gasteiger partial charge in [-0.25, -0.2) is 4.98 Å². The number of rotatable bonds is 4. The van der Waals surface area contributed by atoms with Crippen LogP contribution in [-0.4, -0.2) is 9.55 Å². The summed E-state index contributed by atoms with van der Waals surface area (Å²) in [4.78, 5) is 4.34. The molecule has 3 rings (SSSR count). The maximum absolute atomic E-state index is 6.34. The van der Waals surface area contributed by atoms with Crippen LogP contribution in [0.3, 0.4) is 0 Å². The van der Waals surface area contributed by atoms with Gasteiger partial charge in [-0.3, -0.25) is 0 Å². The Labute approximate surface area is 116 Å². The lowest BCUT2D eigenvalue weighted by molar-refractivity contribution is 0.625. The molecule has 0 bridgehead atoms. The largest absolute Gasteiger partial charge is 0.338 e. The molecule has 0 fully saturated rings. The fourth-order valence-corrected chi connectivity index (χ4v) is 3.39. The van der Waals surface area contributed by atoms with Crippen molar-refractivity contribution in [2.45, 2.75) is 18.9 Å². The van der Waals surface area contributed by atoms with Crippen molar-refractivity contribution >= 4 is 21.4 Å². The van der Waals surface area contributed by atoms with E-state index in [1.807, 2.05) is 19.4 Å². The SMILES string of the molecule is Cn1ccnc1CCC(N)c1csc2ccccc12. The van der Waals surface area contributed by atoms with Gasteiger partial charge in [-0.15, -0.1) is 11.3 Å². The Morgan fingerprint density at radius 1 is 1.37 bits per heavy atom. The predicted molar refractivity (Wildman–Crippen MR) is 80.3 cm³/mol. The van der Waals surface area contributed by atoms with Crippen molar-refractivity contribution in [1.29, 1.82) is 0 Å². The van der Waals surface area contributed by atoms with E-state index >= 15 is 0 Å². The second kappa shape index (κ2) is 5.15. The third kappa shape index (κ3) is 2.41. The van der Waals surface area contributed by atoms with Gasteiger partial charge in [0.15, 0.2) is 0 Å². The Morgan fingerprint density at radius 2 is 2.21 bits per heavy atom. The molecule has 2 aromatic heterocycles. The van der Waals surface area contributed by atoms with E-state index in [9.17, 15) is 0 Å². The minimum atomic E-state index is 0.0767. The summed E-state index contributed by atoms with van der Waals surface area (Å²) >= 11 is 1.77. The van der Waals surface area contributed by atoms with Gasteiger partial charge in [0, 0.05) is 36.6 Å². The van der Waals surface area contributed by atoms with Gasteiger partial charge in [0.25, 0.3) is 0 Å². The van der Waals surface area contributed by atoms with Crippen LogP contribution in [0.4, 0.5) is 0 Å². The summed E-state index contributed by atoms with van der Waals surface area (Å²) in [6.07, 6.45) is 5.64. The molecular weight excluding hydrogens is 254 g/mol. The minimum absolute atomic E-state index is 0.0767. The molecule has 0 aliphatic heterocycles. The van der Waals surface area contributed by atoms with Crippen molar-refractivity contribution in [3.05, 3.63) is 53.4 Å². The van der Waals surface area contributed by atoms with Crippen LogP contribution in [0.2, 0.25) is 0 Å². The Kier molecular flexibility index (Phi) is 3.36. The highest BCUT2D eigenvalue weighted by atomic mass is 32.1. The molecule has 4 heteroatoms. The molecule has 3 aromatic rings. The topological polar surface area (TPSA) is 43.8 Å². The van der Waals surface area contributed by atoms with Crippen LogP contribution >= 0.6 is 11.3 Å². The van der Waals surface area contributed by atoms with Crippen molar-refractivity contribution < 1.29 is 0 Å². The molecule has 0 spiro atoms. The maximum atomic E-state index is 6.34. The van der Waals surface area contributed by atoms with Crippen molar-refractivity contribution in [1.82, 2.24) is 9.55 Å². The number of fused-ring (bicyclic) bond motifs is 1. The molecule has 0 radical (unpaired) electrons. The number of hydrogen-bond acceptors (Lipinski definition) is 3. The molecule has 0 aliphatic rings. The first-order valence-corrected chi connectivity index (χ1v) is 7.31. The highest BCUT2D eigenvalue weighted by Crippen LogP contribution is 2.30. The minimum Gasteiger partial charge on any atom is -0.338 e. The summed E-state index contributed by atoms with van der Waals surface area (Å²) < 4.78 is 3.36. The van der Waals surface area contributed by atoms with Gasteiger partial charge in [-0.05, 0) is 28.8 Å². The number of thiophene rings is 1. The molecule has 1 unspecified atom stereocenters. The second-order valence-corrected chi connectivity index (χ2v) is 5.70. The lowest BCUT2D eigenvalue weighted by Gasteiger charge is -2.10. The summed E-state index contributed by atoms with van der Waals surface area (Å²) in [7, 11) is 2.02. The molecule has 2 N–H and O–H groups in total. The number of hydrogen-bond donors (Lipinski definition) is 1. The van der Waals surface area contributed by atoms with Gasteiger partial charge in [0.2, 0.25) is 0 Å². The third-order valence-corrected chi connectivity index (χ3v) is 4.49. The Balaban J connectivity index is 1.77. The fraction of sp³-hybridized carbons (Fsp3) is 0.267. The Hall–Kier alpha value is -1.65. The average Bonchev–Trinajstić information content (AvgIpc) is 3.02. The normalized spacial score (nSPS) is 12.9. The molecule has 98 valence electrons. The maximum Gasteiger partial charge on any atom is 0.108 e. The van der Waals surface area contributed by atoms with Crippen LogP contribution in [0, 0.1) is 0 Å². The van der Waals surface area contributed by atoms with E-state index < -0.39 is 0 Å². The standard InChI is InChI=1S/C15H17N3S/c1-18-9-8-17-15(18)7-6-13(16)12-10-19-14-5-3-2-4-11(12)14/h2-5,8-10,13H,6-7,16H2,1H3. The van der Waals surface area contributed by atoms with Crippen molar-refractivity contribution in [3.8, 4) is 0 Å². The summed E-state index contributed by atoms with van der Waals surface area (Å²) in [6, 6.07) is 8.52. The smallest absolute Gasteiger partial charge is 0.108 e.